The van der Waals surface area contributed by atoms with Crippen molar-refractivity contribution in [2.75, 3.05) is 21.3 Å². The van der Waals surface area contributed by atoms with Gasteiger partial charge in [-0.2, -0.15) is 0 Å². The first-order chi connectivity index (χ1) is 10.0. The zero-order chi connectivity index (χ0) is 15.8. The van der Waals surface area contributed by atoms with E-state index in [2.05, 4.69) is 12.2 Å². The van der Waals surface area contributed by atoms with Gasteiger partial charge >= 0.3 is 0 Å². The van der Waals surface area contributed by atoms with E-state index in [1.54, 1.807) is 33.5 Å². The van der Waals surface area contributed by atoms with Gasteiger partial charge in [-0.15, -0.1) is 0 Å². The molecule has 118 valence electrons. The minimum atomic E-state index is -0.00905. The number of ether oxygens (including phenoxy) is 3. The Balaban J connectivity index is 2.86. The maximum atomic E-state index is 12.0. The lowest BCUT2D eigenvalue weighted by atomic mass is 10.1. The quantitative estimate of drug-likeness (QED) is 0.801. The summed E-state index contributed by atoms with van der Waals surface area (Å²) < 4.78 is 15.8. The minimum absolute atomic E-state index is 0.00905. The number of benzene rings is 1. The average Bonchev–Trinajstić information content (AvgIpc) is 2.45. The standard InChI is InChI=1S/C16H25NO4/c1-6-7-11(2)17-15(18)10-12-8-13(19-3)16(21-5)14(9-12)20-4/h8-9,11H,6-7,10H2,1-5H3,(H,17,18)/t11-/m0/s1. The summed E-state index contributed by atoms with van der Waals surface area (Å²) in [5, 5.41) is 2.98. The Bertz CT molecular complexity index is 448. The lowest BCUT2D eigenvalue weighted by Crippen LogP contribution is -2.33. The van der Waals surface area contributed by atoms with Crippen molar-refractivity contribution in [3.63, 3.8) is 0 Å². The summed E-state index contributed by atoms with van der Waals surface area (Å²) in [6.45, 7) is 4.11. The molecular weight excluding hydrogens is 270 g/mol. The summed E-state index contributed by atoms with van der Waals surface area (Å²) in [4.78, 5) is 12.0. The van der Waals surface area contributed by atoms with E-state index in [9.17, 15) is 4.79 Å². The average molecular weight is 295 g/mol. The Morgan fingerprint density at radius 2 is 1.71 bits per heavy atom. The van der Waals surface area contributed by atoms with Gasteiger partial charge < -0.3 is 19.5 Å². The molecule has 0 bridgehead atoms. The summed E-state index contributed by atoms with van der Waals surface area (Å²) in [6, 6.07) is 3.78. The highest BCUT2D eigenvalue weighted by molar-refractivity contribution is 5.79. The number of carbonyl (C=O) groups is 1. The monoisotopic (exact) mass is 295 g/mol. The number of rotatable bonds is 8. The zero-order valence-corrected chi connectivity index (χ0v) is 13.5. The molecule has 5 nitrogen and oxygen atoms in total. The van der Waals surface area contributed by atoms with Crippen molar-refractivity contribution in [3.8, 4) is 17.2 Å². The number of carbonyl (C=O) groups excluding carboxylic acids is 1. The van der Waals surface area contributed by atoms with Crippen LogP contribution < -0.4 is 19.5 Å². The molecule has 1 atom stereocenters. The van der Waals surface area contributed by atoms with Crippen molar-refractivity contribution in [2.45, 2.75) is 39.2 Å². The molecule has 1 aromatic carbocycles. The summed E-state index contributed by atoms with van der Waals surface area (Å²) in [5.74, 6) is 1.64. The third kappa shape index (κ3) is 4.85. The van der Waals surface area contributed by atoms with E-state index < -0.39 is 0 Å². The van der Waals surface area contributed by atoms with Crippen LogP contribution in [0.15, 0.2) is 12.1 Å². The van der Waals surface area contributed by atoms with Gasteiger partial charge in [0.25, 0.3) is 0 Å². The highest BCUT2D eigenvalue weighted by Gasteiger charge is 2.15. The van der Waals surface area contributed by atoms with Crippen molar-refractivity contribution in [2.24, 2.45) is 0 Å². The SMILES string of the molecule is CCC[C@H](C)NC(=O)Cc1cc(OC)c(OC)c(OC)c1. The Kier molecular flexibility index (Phi) is 6.85. The lowest BCUT2D eigenvalue weighted by molar-refractivity contribution is -0.121. The first-order valence-electron chi connectivity index (χ1n) is 7.13. The van der Waals surface area contributed by atoms with Crippen molar-refractivity contribution in [1.82, 2.24) is 5.32 Å². The van der Waals surface area contributed by atoms with E-state index in [4.69, 9.17) is 14.2 Å². The fourth-order valence-electron chi connectivity index (χ4n) is 2.25. The van der Waals surface area contributed by atoms with Crippen LogP contribution in [0.3, 0.4) is 0 Å². The molecule has 0 radical (unpaired) electrons. The molecule has 0 saturated heterocycles. The van der Waals surface area contributed by atoms with Gasteiger partial charge in [-0.3, -0.25) is 4.79 Å². The second-order valence-corrected chi connectivity index (χ2v) is 4.97. The molecule has 1 amide bonds. The third-order valence-electron chi connectivity index (χ3n) is 3.22. The van der Waals surface area contributed by atoms with E-state index in [0.29, 0.717) is 17.2 Å². The van der Waals surface area contributed by atoms with Gasteiger partial charge in [0, 0.05) is 6.04 Å². The predicted octanol–water partition coefficient (Wildman–Crippen LogP) is 2.56. The number of hydrogen-bond donors (Lipinski definition) is 1. The van der Waals surface area contributed by atoms with E-state index in [-0.39, 0.29) is 18.4 Å². The molecule has 0 aliphatic heterocycles. The molecule has 1 N–H and O–H groups in total. The summed E-state index contributed by atoms with van der Waals surface area (Å²) in [6.07, 6.45) is 2.30. The molecule has 0 aliphatic carbocycles. The van der Waals surface area contributed by atoms with Crippen LogP contribution in [0.1, 0.15) is 32.3 Å². The maximum Gasteiger partial charge on any atom is 0.224 e. The molecule has 0 heterocycles. The minimum Gasteiger partial charge on any atom is -0.493 e. The van der Waals surface area contributed by atoms with Gasteiger partial charge in [-0.1, -0.05) is 13.3 Å². The van der Waals surface area contributed by atoms with E-state index in [1.807, 2.05) is 6.92 Å². The molecule has 21 heavy (non-hydrogen) atoms. The lowest BCUT2D eigenvalue weighted by Gasteiger charge is -2.15. The molecule has 0 aromatic heterocycles. The molecule has 0 unspecified atom stereocenters. The number of methoxy groups -OCH3 is 3. The van der Waals surface area contributed by atoms with Gasteiger partial charge in [0.05, 0.1) is 27.8 Å². The van der Waals surface area contributed by atoms with Crippen molar-refractivity contribution < 1.29 is 19.0 Å². The van der Waals surface area contributed by atoms with Crippen molar-refractivity contribution >= 4 is 5.91 Å². The molecular formula is C16H25NO4. The molecule has 0 fully saturated rings. The highest BCUT2D eigenvalue weighted by atomic mass is 16.5. The third-order valence-corrected chi connectivity index (χ3v) is 3.22. The van der Waals surface area contributed by atoms with Gasteiger partial charge in [-0.25, -0.2) is 0 Å². The van der Waals surface area contributed by atoms with E-state index in [1.165, 1.54) is 0 Å². The van der Waals surface area contributed by atoms with Gasteiger partial charge in [0.2, 0.25) is 11.7 Å². The Morgan fingerprint density at radius 3 is 2.14 bits per heavy atom. The van der Waals surface area contributed by atoms with Crippen molar-refractivity contribution in [1.29, 1.82) is 0 Å². The summed E-state index contributed by atoms with van der Waals surface area (Å²) in [7, 11) is 4.67. The predicted molar refractivity (Wildman–Crippen MR) is 82.3 cm³/mol. The fraction of sp³-hybridized carbons (Fsp3) is 0.562. The van der Waals surface area contributed by atoms with Crippen LogP contribution in [0.2, 0.25) is 0 Å². The molecule has 5 heteroatoms. The normalized spacial score (nSPS) is 11.7. The Labute approximate surface area is 126 Å². The first kappa shape index (κ1) is 17.1. The van der Waals surface area contributed by atoms with Gasteiger partial charge in [-0.05, 0) is 31.0 Å². The zero-order valence-electron chi connectivity index (χ0n) is 13.5. The smallest absolute Gasteiger partial charge is 0.224 e. The van der Waals surface area contributed by atoms with Crippen LogP contribution in [0.4, 0.5) is 0 Å². The van der Waals surface area contributed by atoms with Crippen LogP contribution >= 0.6 is 0 Å². The summed E-state index contributed by atoms with van der Waals surface area (Å²) in [5.41, 5.74) is 0.825. The van der Waals surface area contributed by atoms with Crippen LogP contribution in [-0.2, 0) is 11.2 Å². The molecule has 0 aliphatic rings. The number of nitrogens with one attached hydrogen (secondary N) is 1. The molecule has 1 rings (SSSR count). The number of amides is 1. The highest BCUT2D eigenvalue weighted by Crippen LogP contribution is 2.38. The van der Waals surface area contributed by atoms with Crippen LogP contribution in [0.5, 0.6) is 17.2 Å². The van der Waals surface area contributed by atoms with Gasteiger partial charge in [0.1, 0.15) is 0 Å². The summed E-state index contributed by atoms with van der Waals surface area (Å²) >= 11 is 0. The second-order valence-electron chi connectivity index (χ2n) is 4.97. The fourth-order valence-corrected chi connectivity index (χ4v) is 2.25. The molecule has 1 aromatic rings. The van der Waals surface area contributed by atoms with E-state index >= 15 is 0 Å². The van der Waals surface area contributed by atoms with Crippen LogP contribution in [0.25, 0.3) is 0 Å². The Hall–Kier alpha value is -1.91. The van der Waals surface area contributed by atoms with Crippen LogP contribution in [-0.4, -0.2) is 33.3 Å². The molecule has 0 spiro atoms. The maximum absolute atomic E-state index is 12.0. The Morgan fingerprint density at radius 1 is 1.14 bits per heavy atom. The van der Waals surface area contributed by atoms with Crippen molar-refractivity contribution in [3.05, 3.63) is 17.7 Å². The van der Waals surface area contributed by atoms with Gasteiger partial charge in [0.15, 0.2) is 11.5 Å². The topological polar surface area (TPSA) is 56.8 Å². The number of hydrogen-bond acceptors (Lipinski definition) is 4. The van der Waals surface area contributed by atoms with Crippen LogP contribution in [0, 0.1) is 0 Å². The second kappa shape index (κ2) is 8.39. The van der Waals surface area contributed by atoms with E-state index in [0.717, 1.165) is 18.4 Å². The largest absolute Gasteiger partial charge is 0.493 e. The molecule has 0 saturated carbocycles. The first-order valence-corrected chi connectivity index (χ1v) is 7.13.